The summed E-state index contributed by atoms with van der Waals surface area (Å²) in [5.41, 5.74) is 6.88. The molecule has 1 aliphatic carbocycles. The van der Waals surface area contributed by atoms with Gasteiger partial charge in [-0.15, -0.1) is 0 Å². The van der Waals surface area contributed by atoms with E-state index in [1.54, 1.807) is 76.7 Å². The lowest BCUT2D eigenvalue weighted by molar-refractivity contribution is -0.217. The highest BCUT2D eigenvalue weighted by molar-refractivity contribution is 7.44. The molecular formula is C87H100N10O20P2. The molecule has 2 fully saturated rings. The lowest BCUT2D eigenvalue weighted by Gasteiger charge is -2.37. The van der Waals surface area contributed by atoms with Crippen LogP contribution >= 0.6 is 17.1 Å². The van der Waals surface area contributed by atoms with E-state index in [0.717, 1.165) is 50.1 Å². The Morgan fingerprint density at radius 3 is 1.87 bits per heavy atom. The van der Waals surface area contributed by atoms with Crippen LogP contribution in [0.4, 0.5) is 15.4 Å². The van der Waals surface area contributed by atoms with Crippen molar-refractivity contribution in [3.63, 3.8) is 0 Å². The van der Waals surface area contributed by atoms with Gasteiger partial charge in [0.25, 0.3) is 14.4 Å². The molecule has 30 nitrogen and oxygen atoms in total. The highest BCUT2D eigenvalue weighted by Crippen LogP contribution is 2.53. The lowest BCUT2D eigenvalue weighted by atomic mass is 9.80. The minimum Gasteiger partial charge on any atom is -0.497 e. The molecule has 4 amide bonds. The molecule has 628 valence electrons. The summed E-state index contributed by atoms with van der Waals surface area (Å²) < 4.78 is 85.4. The summed E-state index contributed by atoms with van der Waals surface area (Å²) in [6.07, 6.45) is -5.11. The zero-order valence-corrected chi connectivity index (χ0v) is 69.2. The number of amides is 4. The number of rotatable bonds is 41. The van der Waals surface area contributed by atoms with E-state index in [1.807, 2.05) is 131 Å². The van der Waals surface area contributed by atoms with Crippen molar-refractivity contribution in [1.29, 1.82) is 10.5 Å². The molecule has 7 unspecified atom stereocenters. The molecule has 0 spiro atoms. The van der Waals surface area contributed by atoms with Gasteiger partial charge in [0, 0.05) is 75.4 Å². The van der Waals surface area contributed by atoms with Gasteiger partial charge in [0.15, 0.2) is 6.23 Å². The quantitative estimate of drug-likeness (QED) is 0.00897. The minimum atomic E-state index is -2.44. The van der Waals surface area contributed by atoms with Gasteiger partial charge in [0.05, 0.1) is 84.4 Å². The van der Waals surface area contributed by atoms with Gasteiger partial charge in [0.1, 0.15) is 66.2 Å². The number of likely N-dealkylation sites (N-methyl/N-ethyl adjacent to an activating group) is 1. The number of fused-ring (bicyclic) bond motifs is 3. The lowest BCUT2D eigenvalue weighted by Crippen LogP contribution is -2.51. The van der Waals surface area contributed by atoms with E-state index in [0.29, 0.717) is 22.8 Å². The minimum absolute atomic E-state index is 0.0333. The largest absolute Gasteiger partial charge is 0.497 e. The second-order valence-corrected chi connectivity index (χ2v) is 31.8. The number of nitrogens with one attached hydrogen (secondary N) is 3. The number of hydrogen-bond acceptors (Lipinski definition) is 25. The molecular weight excluding hydrogens is 1570 g/mol. The van der Waals surface area contributed by atoms with E-state index in [4.69, 9.17) is 60.5 Å². The summed E-state index contributed by atoms with van der Waals surface area (Å²) in [7, 11) is 0.424. The average molecular weight is 1670 g/mol. The number of carbonyl (C=O) groups excluding carboxylic acids is 3. The molecule has 0 radical (unpaired) electrons. The van der Waals surface area contributed by atoms with Gasteiger partial charge in [0.2, 0.25) is 0 Å². The number of nitriles is 2. The second kappa shape index (κ2) is 42.2. The van der Waals surface area contributed by atoms with Gasteiger partial charge in [-0.1, -0.05) is 127 Å². The molecule has 1 aromatic heterocycles. The van der Waals surface area contributed by atoms with E-state index >= 15 is 0 Å². The molecule has 7 aromatic carbocycles. The number of anilines is 1. The number of aliphatic hydroxyl groups is 3. The fourth-order valence-corrected chi connectivity index (χ4v) is 17.4. The van der Waals surface area contributed by atoms with E-state index in [2.05, 4.69) is 62.0 Å². The monoisotopic (exact) mass is 1670 g/mol. The fraction of sp³-hybridized carbons (Fsp3) is 0.391. The Balaban J connectivity index is 0.678. The van der Waals surface area contributed by atoms with Crippen LogP contribution in [0.5, 0.6) is 17.2 Å². The first-order valence-corrected chi connectivity index (χ1v) is 41.5. The van der Waals surface area contributed by atoms with Crippen molar-refractivity contribution in [2.75, 3.05) is 72.8 Å². The topological polar surface area (TPSA) is 360 Å². The number of methoxy groups -OCH3 is 2. The normalized spacial score (nSPS) is 19.4. The summed E-state index contributed by atoms with van der Waals surface area (Å²) in [6.45, 7) is 8.08. The maximum absolute atomic E-state index is 14.3. The van der Waals surface area contributed by atoms with Crippen LogP contribution in [0, 0.1) is 22.7 Å². The fourth-order valence-electron chi connectivity index (χ4n) is 14.5. The number of carbonyl (C=O) groups is 3. The number of hydrogen-bond donors (Lipinski definition) is 6. The Morgan fingerprint density at radius 2 is 1.25 bits per heavy atom. The molecule has 3 aliphatic heterocycles. The molecule has 2 saturated heterocycles. The molecule has 4 aliphatic rings. The number of ether oxygens (including phenoxy) is 8. The van der Waals surface area contributed by atoms with Crippen molar-refractivity contribution in [2.24, 2.45) is 0 Å². The molecule has 0 bridgehead atoms. The molecule has 0 saturated carbocycles. The van der Waals surface area contributed by atoms with Crippen molar-refractivity contribution in [1.82, 2.24) is 34.7 Å². The molecule has 11 atom stereocenters. The number of benzene rings is 7. The van der Waals surface area contributed by atoms with Crippen molar-refractivity contribution in [3.8, 4) is 40.5 Å². The van der Waals surface area contributed by atoms with Crippen molar-refractivity contribution < 1.29 is 90.2 Å². The standard InChI is InChI=1S/C87H100N10O20P2/c1-56(2)97(57(3)4)118(110-45-16-41-88)116-73-49-79(115-76(73)55-112-119(111-46-17-42-89)117-74-50-80(96-52-58(5)81(99)93-84(96)102)114-75(74)54-109-87(62-18-10-9-11-19-62,63-30-36-65(105-7)37-31-63)64-32-38-66(106-8)39-33-64)95-43-40-77(92-83(95)101)91-82(100)61-28-24-60(25-29-61)51-90-78(98)48-59-26-34-67(35-27-59)113-86(104)107-47-44-94(6)85(103)108-53-72-70-22-14-12-20-68(70)69-21-13-15-23-71(69)72/h9-15,18-40,43,52,56-57,72-76,78-81,86,90,98-99,104H,16-17,44-51,53-55H2,1-8H3,(H,93,102)(H,91,92,100,101)/t73?,74?,75-,76-,78?,79-,80-,81?,86?,118?,119?/m1/s1. The van der Waals surface area contributed by atoms with Crippen LogP contribution < -0.4 is 35.9 Å². The van der Waals surface area contributed by atoms with E-state index in [9.17, 15) is 45.0 Å². The maximum atomic E-state index is 14.3. The first kappa shape index (κ1) is 88.1. The maximum Gasteiger partial charge on any atom is 0.409 e. The van der Waals surface area contributed by atoms with Crippen molar-refractivity contribution in [2.45, 2.75) is 153 Å². The zero-order valence-electron chi connectivity index (χ0n) is 67.4. The number of aliphatic hydroxyl groups excluding tert-OH is 3. The van der Waals surface area contributed by atoms with E-state index in [1.165, 1.54) is 32.8 Å². The van der Waals surface area contributed by atoms with Crippen LogP contribution in [0.1, 0.15) is 122 Å². The molecule has 4 heterocycles. The van der Waals surface area contributed by atoms with Gasteiger partial charge in [-0.25, -0.2) is 19.1 Å². The third-order valence-electron chi connectivity index (χ3n) is 20.5. The van der Waals surface area contributed by atoms with Crippen LogP contribution in [0.25, 0.3) is 11.1 Å². The second-order valence-electron chi connectivity index (χ2n) is 29.2. The van der Waals surface area contributed by atoms with Crippen LogP contribution in [-0.2, 0) is 64.9 Å². The van der Waals surface area contributed by atoms with E-state index in [-0.39, 0.29) is 114 Å². The number of nitrogens with zero attached hydrogens (tertiary/aromatic N) is 7. The summed E-state index contributed by atoms with van der Waals surface area (Å²) in [5.74, 6) is 0.890. The van der Waals surface area contributed by atoms with Crippen LogP contribution in [-0.4, -0.2) is 186 Å². The highest BCUT2D eigenvalue weighted by Gasteiger charge is 2.48. The SMILES string of the molecule is COc1ccc(C(OC[C@H]2O[C@@H](N3C=C(C)C(O)NC3=O)CC2OP(OCCC#N)OC[C@H]2O[C@@H](n3ccc(NC(=O)c4ccc(CNC(O)Cc5ccc(OC(O)OCCN(C)C(=O)OCC6c7ccccc7-c7ccccc76)cc5)cc4)nc3=O)CC2OP(OCCC#N)N(C(C)C)C(C)C)(c2ccccc2)c2ccc(OC)cc2)cc1. The van der Waals surface area contributed by atoms with Crippen LogP contribution in [0.15, 0.2) is 205 Å². The Hall–Kier alpha value is -10.2. The number of aromatic nitrogens is 2. The van der Waals surface area contributed by atoms with Crippen molar-refractivity contribution >= 4 is 41.0 Å². The first-order chi connectivity index (χ1) is 57.6. The Morgan fingerprint density at radius 1 is 0.681 bits per heavy atom. The summed E-state index contributed by atoms with van der Waals surface area (Å²) >= 11 is 0. The molecule has 32 heteroatoms. The number of urea groups is 1. The zero-order chi connectivity index (χ0) is 84.1. The predicted molar refractivity (Wildman–Crippen MR) is 440 cm³/mol. The summed E-state index contributed by atoms with van der Waals surface area (Å²) in [5, 5.41) is 60.0. The molecule has 119 heavy (non-hydrogen) atoms. The molecule has 8 aromatic rings. The van der Waals surface area contributed by atoms with Gasteiger partial charge < -0.3 is 91.4 Å². The Kier molecular flexibility index (Phi) is 31.2. The third kappa shape index (κ3) is 22.5. The third-order valence-corrected chi connectivity index (χ3v) is 23.9. The molecule has 6 N–H and O–H groups in total. The first-order valence-electron chi connectivity index (χ1n) is 39.3. The average Bonchev–Trinajstić information content (AvgIpc) is 1.51. The van der Waals surface area contributed by atoms with Crippen molar-refractivity contribution in [3.05, 3.63) is 255 Å². The Labute approximate surface area is 693 Å². The summed E-state index contributed by atoms with van der Waals surface area (Å²) in [4.78, 5) is 61.7. The van der Waals surface area contributed by atoms with Gasteiger partial charge in [-0.2, -0.15) is 15.5 Å². The summed E-state index contributed by atoms with van der Waals surface area (Å²) in [6, 6.07) is 59.3. The van der Waals surface area contributed by atoms with E-state index < -0.39 is 102 Å². The smallest absolute Gasteiger partial charge is 0.409 e. The van der Waals surface area contributed by atoms with Crippen LogP contribution in [0.2, 0.25) is 0 Å². The Bertz CT molecular complexity index is 4750. The van der Waals surface area contributed by atoms with Gasteiger partial charge in [-0.05, 0) is 145 Å². The highest BCUT2D eigenvalue weighted by atomic mass is 31.2. The molecule has 12 rings (SSSR count). The van der Waals surface area contributed by atoms with Gasteiger partial charge in [-0.3, -0.25) is 19.6 Å². The van der Waals surface area contributed by atoms with Crippen LogP contribution in [0.3, 0.4) is 0 Å². The van der Waals surface area contributed by atoms with Gasteiger partial charge >= 0.3 is 32.9 Å². The predicted octanol–water partition coefficient (Wildman–Crippen LogP) is 12.6.